The average Bonchev–Trinajstić information content (AvgIpc) is 2.38. The first-order valence-corrected chi connectivity index (χ1v) is 7.56. The van der Waals surface area contributed by atoms with Gasteiger partial charge in [0, 0.05) is 0 Å². The molecule has 0 amide bonds. The lowest BCUT2D eigenvalue weighted by molar-refractivity contribution is -0.157. The Bertz CT molecular complexity index is 440. The zero-order chi connectivity index (χ0) is 15.9. The molecule has 0 aliphatic heterocycles. The van der Waals surface area contributed by atoms with E-state index in [9.17, 15) is 9.90 Å². The predicted molar refractivity (Wildman–Crippen MR) is 91.6 cm³/mol. The number of esters is 1. The number of hydrogen-bond donors (Lipinski definition) is 2. The summed E-state index contributed by atoms with van der Waals surface area (Å²) in [6, 6.07) is 6.56. The standard InChI is InChI=1S/C17H27NO3.ClH/c1-5-6-11-18-15(16(20)21-17(2,3)4)12-13-7-9-14(19)10-8-13;/h7-10,15,18-19H,5-6,11-12H2,1-4H3;1H. The molecule has 0 heterocycles. The second-order valence-electron chi connectivity index (χ2n) is 6.26. The monoisotopic (exact) mass is 329 g/mol. The number of hydrogen-bond acceptors (Lipinski definition) is 4. The van der Waals surface area contributed by atoms with Gasteiger partial charge in [-0.2, -0.15) is 0 Å². The van der Waals surface area contributed by atoms with Gasteiger partial charge in [0.15, 0.2) is 0 Å². The summed E-state index contributed by atoms with van der Waals surface area (Å²) in [5, 5.41) is 12.6. The number of rotatable bonds is 7. The highest BCUT2D eigenvalue weighted by atomic mass is 35.5. The summed E-state index contributed by atoms with van der Waals surface area (Å²) in [4.78, 5) is 12.3. The van der Waals surface area contributed by atoms with Gasteiger partial charge in [-0.05, 0) is 57.9 Å². The molecular formula is C17H28ClNO3. The molecule has 5 heteroatoms. The first kappa shape index (κ1) is 20.7. The molecule has 0 bridgehead atoms. The van der Waals surface area contributed by atoms with E-state index in [1.807, 2.05) is 32.9 Å². The van der Waals surface area contributed by atoms with Gasteiger partial charge in [0.2, 0.25) is 0 Å². The fourth-order valence-electron chi connectivity index (χ4n) is 1.93. The van der Waals surface area contributed by atoms with E-state index in [0.29, 0.717) is 6.42 Å². The molecule has 0 fully saturated rings. The lowest BCUT2D eigenvalue weighted by Gasteiger charge is -2.24. The minimum absolute atomic E-state index is 0. The van der Waals surface area contributed by atoms with Crippen LogP contribution in [0.25, 0.3) is 0 Å². The van der Waals surface area contributed by atoms with E-state index in [-0.39, 0.29) is 30.2 Å². The van der Waals surface area contributed by atoms with Gasteiger partial charge < -0.3 is 15.2 Å². The maximum atomic E-state index is 12.3. The van der Waals surface area contributed by atoms with Crippen molar-refractivity contribution in [2.75, 3.05) is 6.54 Å². The van der Waals surface area contributed by atoms with E-state index in [1.54, 1.807) is 12.1 Å². The van der Waals surface area contributed by atoms with E-state index in [1.165, 1.54) is 0 Å². The Morgan fingerprint density at radius 3 is 2.36 bits per heavy atom. The van der Waals surface area contributed by atoms with Crippen LogP contribution in [0.4, 0.5) is 0 Å². The van der Waals surface area contributed by atoms with Crippen LogP contribution in [-0.4, -0.2) is 29.3 Å². The Morgan fingerprint density at radius 1 is 1.27 bits per heavy atom. The van der Waals surface area contributed by atoms with Crippen molar-refractivity contribution < 1.29 is 14.6 Å². The largest absolute Gasteiger partial charge is 0.508 e. The van der Waals surface area contributed by atoms with Gasteiger partial charge in [-0.25, -0.2) is 0 Å². The number of carbonyl (C=O) groups excluding carboxylic acids is 1. The van der Waals surface area contributed by atoms with Gasteiger partial charge >= 0.3 is 5.97 Å². The molecule has 0 saturated heterocycles. The third-order valence-corrected chi connectivity index (χ3v) is 2.99. The molecule has 0 radical (unpaired) electrons. The molecule has 22 heavy (non-hydrogen) atoms. The zero-order valence-electron chi connectivity index (χ0n) is 13.9. The Morgan fingerprint density at radius 2 is 1.86 bits per heavy atom. The van der Waals surface area contributed by atoms with Crippen molar-refractivity contribution in [2.45, 2.75) is 58.6 Å². The van der Waals surface area contributed by atoms with Crippen LogP contribution in [0.2, 0.25) is 0 Å². The predicted octanol–water partition coefficient (Wildman–Crippen LogP) is 3.46. The number of aromatic hydroxyl groups is 1. The van der Waals surface area contributed by atoms with E-state index < -0.39 is 5.60 Å². The van der Waals surface area contributed by atoms with Crippen molar-refractivity contribution in [3.05, 3.63) is 29.8 Å². The Kier molecular flexibility index (Phi) is 9.14. The van der Waals surface area contributed by atoms with Gasteiger partial charge in [-0.3, -0.25) is 4.79 Å². The minimum Gasteiger partial charge on any atom is -0.508 e. The molecule has 0 aliphatic carbocycles. The number of nitrogens with one attached hydrogen (secondary N) is 1. The van der Waals surface area contributed by atoms with Crippen molar-refractivity contribution in [2.24, 2.45) is 0 Å². The second-order valence-corrected chi connectivity index (χ2v) is 6.26. The molecule has 1 aromatic carbocycles. The smallest absolute Gasteiger partial charge is 0.323 e. The van der Waals surface area contributed by atoms with Crippen LogP contribution in [0.3, 0.4) is 0 Å². The highest BCUT2D eigenvalue weighted by molar-refractivity contribution is 5.85. The summed E-state index contributed by atoms with van der Waals surface area (Å²) in [5.74, 6) is -0.00168. The lowest BCUT2D eigenvalue weighted by atomic mass is 10.0. The normalized spacial score (nSPS) is 12.4. The molecule has 2 N–H and O–H groups in total. The molecule has 0 saturated carbocycles. The van der Waals surface area contributed by atoms with Crippen molar-refractivity contribution in [1.29, 1.82) is 0 Å². The van der Waals surface area contributed by atoms with Gasteiger partial charge in [0.25, 0.3) is 0 Å². The number of phenolic OH excluding ortho intramolecular Hbond substituents is 1. The number of benzene rings is 1. The number of ether oxygens (including phenoxy) is 1. The van der Waals surface area contributed by atoms with Crippen LogP contribution in [0.1, 0.15) is 46.1 Å². The molecule has 0 aliphatic rings. The first-order valence-electron chi connectivity index (χ1n) is 7.56. The van der Waals surface area contributed by atoms with Gasteiger partial charge in [-0.1, -0.05) is 25.5 Å². The summed E-state index contributed by atoms with van der Waals surface area (Å²) < 4.78 is 5.48. The van der Waals surface area contributed by atoms with E-state index in [2.05, 4.69) is 12.2 Å². The van der Waals surface area contributed by atoms with Crippen molar-refractivity contribution in [3.63, 3.8) is 0 Å². The molecular weight excluding hydrogens is 302 g/mol. The quantitative estimate of drug-likeness (QED) is 0.594. The summed E-state index contributed by atoms with van der Waals surface area (Å²) >= 11 is 0. The summed E-state index contributed by atoms with van der Waals surface area (Å²) in [6.07, 6.45) is 2.65. The third-order valence-electron chi connectivity index (χ3n) is 2.99. The highest BCUT2D eigenvalue weighted by Crippen LogP contribution is 2.14. The molecule has 4 nitrogen and oxygen atoms in total. The van der Waals surface area contributed by atoms with Gasteiger partial charge in [-0.15, -0.1) is 12.4 Å². The number of phenols is 1. The minimum atomic E-state index is -0.489. The lowest BCUT2D eigenvalue weighted by Crippen LogP contribution is -2.43. The summed E-state index contributed by atoms with van der Waals surface area (Å²) in [6.45, 7) is 8.51. The molecule has 1 atom stereocenters. The molecule has 1 aromatic rings. The fraction of sp³-hybridized carbons (Fsp3) is 0.588. The number of carbonyl (C=O) groups is 1. The SMILES string of the molecule is CCCCNC(Cc1ccc(O)cc1)C(=O)OC(C)(C)C.Cl. The number of halogens is 1. The van der Waals surface area contributed by atoms with Gasteiger partial charge in [0.1, 0.15) is 17.4 Å². The van der Waals surface area contributed by atoms with Crippen LogP contribution in [-0.2, 0) is 16.0 Å². The van der Waals surface area contributed by atoms with Gasteiger partial charge in [0.05, 0.1) is 0 Å². The fourth-order valence-corrected chi connectivity index (χ4v) is 1.93. The Hall–Kier alpha value is -1.26. The maximum absolute atomic E-state index is 12.3. The van der Waals surface area contributed by atoms with Crippen LogP contribution >= 0.6 is 12.4 Å². The number of unbranched alkanes of at least 4 members (excludes halogenated alkanes) is 1. The Labute approximate surface area is 139 Å². The molecule has 126 valence electrons. The molecule has 0 spiro atoms. The Balaban J connectivity index is 0.00000441. The summed E-state index contributed by atoms with van der Waals surface area (Å²) in [5.41, 5.74) is 0.504. The van der Waals surface area contributed by atoms with Crippen molar-refractivity contribution in [1.82, 2.24) is 5.32 Å². The molecule has 1 rings (SSSR count). The summed E-state index contributed by atoms with van der Waals surface area (Å²) in [7, 11) is 0. The average molecular weight is 330 g/mol. The zero-order valence-corrected chi connectivity index (χ0v) is 14.7. The van der Waals surface area contributed by atoms with Crippen LogP contribution in [0, 0.1) is 0 Å². The topological polar surface area (TPSA) is 58.6 Å². The maximum Gasteiger partial charge on any atom is 0.323 e. The van der Waals surface area contributed by atoms with Crippen molar-refractivity contribution in [3.8, 4) is 5.75 Å². The van der Waals surface area contributed by atoms with E-state index in [4.69, 9.17) is 4.74 Å². The third kappa shape index (κ3) is 8.25. The van der Waals surface area contributed by atoms with Crippen LogP contribution in [0.5, 0.6) is 5.75 Å². The first-order chi connectivity index (χ1) is 9.81. The van der Waals surface area contributed by atoms with Crippen LogP contribution in [0.15, 0.2) is 24.3 Å². The van der Waals surface area contributed by atoms with E-state index >= 15 is 0 Å². The van der Waals surface area contributed by atoms with Crippen molar-refractivity contribution >= 4 is 18.4 Å². The molecule has 0 aromatic heterocycles. The van der Waals surface area contributed by atoms with Crippen LogP contribution < -0.4 is 5.32 Å². The second kappa shape index (κ2) is 9.70. The highest BCUT2D eigenvalue weighted by Gasteiger charge is 2.24. The molecule has 1 unspecified atom stereocenters. The van der Waals surface area contributed by atoms with E-state index in [0.717, 1.165) is 24.9 Å².